The zero-order valence-corrected chi connectivity index (χ0v) is 17.1. The van der Waals surface area contributed by atoms with Crippen molar-refractivity contribution in [2.24, 2.45) is 5.41 Å². The van der Waals surface area contributed by atoms with E-state index in [-0.39, 0.29) is 23.6 Å². The van der Waals surface area contributed by atoms with E-state index in [4.69, 9.17) is 4.74 Å². The zero-order chi connectivity index (χ0) is 21.3. The van der Waals surface area contributed by atoms with E-state index in [0.717, 1.165) is 27.8 Å². The number of fused-ring (bicyclic) bond motifs is 1. The van der Waals surface area contributed by atoms with Crippen LogP contribution < -0.4 is 0 Å². The van der Waals surface area contributed by atoms with Gasteiger partial charge in [0.25, 0.3) is 0 Å². The van der Waals surface area contributed by atoms with Crippen molar-refractivity contribution in [2.45, 2.75) is 38.9 Å². The van der Waals surface area contributed by atoms with Gasteiger partial charge in [-0.25, -0.2) is 4.39 Å². The number of hydrogen-bond donors (Lipinski definition) is 1. The van der Waals surface area contributed by atoms with Crippen molar-refractivity contribution in [3.63, 3.8) is 0 Å². The second-order valence-electron chi connectivity index (χ2n) is 8.42. The average Bonchev–Trinajstić information content (AvgIpc) is 2.81. The summed E-state index contributed by atoms with van der Waals surface area (Å²) in [6, 6.07) is 14.7. The Morgan fingerprint density at radius 3 is 2.60 bits per heavy atom. The van der Waals surface area contributed by atoms with Crippen LogP contribution in [0.15, 0.2) is 72.3 Å². The van der Waals surface area contributed by atoms with Crippen LogP contribution in [0, 0.1) is 11.2 Å². The number of cyclic esters (lactones) is 1. The Balaban J connectivity index is 1.88. The first-order chi connectivity index (χ1) is 14.3. The van der Waals surface area contributed by atoms with Crippen LogP contribution in [0.2, 0.25) is 0 Å². The number of aliphatic hydroxyl groups is 1. The molecule has 0 radical (unpaired) electrons. The van der Waals surface area contributed by atoms with Crippen LogP contribution in [0.3, 0.4) is 0 Å². The first-order valence-corrected chi connectivity index (χ1v) is 10.2. The van der Waals surface area contributed by atoms with E-state index in [9.17, 15) is 14.3 Å². The van der Waals surface area contributed by atoms with Crippen molar-refractivity contribution < 1.29 is 19.0 Å². The Hall–Kier alpha value is -2.98. The minimum Gasteiger partial charge on any atom is -0.458 e. The molecule has 30 heavy (non-hydrogen) atoms. The molecule has 0 aromatic heterocycles. The molecule has 0 bridgehead atoms. The number of halogens is 1. The smallest absolute Gasteiger partial charge is 0.309 e. The summed E-state index contributed by atoms with van der Waals surface area (Å²) in [6.45, 7) is 4.25. The topological polar surface area (TPSA) is 46.5 Å². The van der Waals surface area contributed by atoms with Gasteiger partial charge >= 0.3 is 5.97 Å². The molecule has 0 amide bonds. The van der Waals surface area contributed by atoms with Crippen molar-refractivity contribution in [1.82, 2.24) is 0 Å². The molecule has 2 aromatic carbocycles. The highest BCUT2D eigenvalue weighted by molar-refractivity contribution is 5.90. The van der Waals surface area contributed by atoms with Crippen molar-refractivity contribution in [3.8, 4) is 0 Å². The summed E-state index contributed by atoms with van der Waals surface area (Å²) in [7, 11) is 0. The summed E-state index contributed by atoms with van der Waals surface area (Å²) in [5, 5.41) is 9.93. The molecule has 2 atom stereocenters. The third kappa shape index (κ3) is 4.14. The van der Waals surface area contributed by atoms with Gasteiger partial charge in [0.15, 0.2) is 0 Å². The van der Waals surface area contributed by atoms with E-state index >= 15 is 0 Å². The van der Waals surface area contributed by atoms with Crippen LogP contribution in [0.1, 0.15) is 43.4 Å². The Labute approximate surface area is 176 Å². The lowest BCUT2D eigenvalue weighted by atomic mass is 9.78. The van der Waals surface area contributed by atoms with Gasteiger partial charge < -0.3 is 9.84 Å². The fourth-order valence-corrected chi connectivity index (χ4v) is 4.08. The summed E-state index contributed by atoms with van der Waals surface area (Å²) in [6.07, 6.45) is 7.37. The molecular weight excluding hydrogens is 379 g/mol. The molecule has 0 unspecified atom stereocenters. The minimum absolute atomic E-state index is 0.0372. The molecule has 4 heteroatoms. The van der Waals surface area contributed by atoms with Gasteiger partial charge in [0.1, 0.15) is 11.9 Å². The third-order valence-corrected chi connectivity index (χ3v) is 5.67. The second-order valence-corrected chi connectivity index (χ2v) is 8.42. The van der Waals surface area contributed by atoms with Crippen molar-refractivity contribution >= 4 is 17.6 Å². The lowest BCUT2D eigenvalue weighted by Gasteiger charge is -2.27. The van der Waals surface area contributed by atoms with E-state index in [2.05, 4.69) is 38.1 Å². The minimum atomic E-state index is -0.686. The van der Waals surface area contributed by atoms with E-state index in [1.54, 1.807) is 12.1 Å². The van der Waals surface area contributed by atoms with E-state index in [1.165, 1.54) is 12.1 Å². The number of benzene rings is 2. The maximum absolute atomic E-state index is 13.6. The molecule has 154 valence electrons. The van der Waals surface area contributed by atoms with Crippen LogP contribution in [-0.4, -0.2) is 23.3 Å². The third-order valence-electron chi connectivity index (χ3n) is 5.67. The molecule has 2 aromatic rings. The fourth-order valence-electron chi connectivity index (χ4n) is 4.08. The summed E-state index contributed by atoms with van der Waals surface area (Å²) < 4.78 is 19.0. The Morgan fingerprint density at radius 1 is 1.13 bits per heavy atom. The number of rotatable bonds is 3. The van der Waals surface area contributed by atoms with Gasteiger partial charge in [-0.3, -0.25) is 4.79 Å². The first kappa shape index (κ1) is 20.3. The van der Waals surface area contributed by atoms with Gasteiger partial charge in [0, 0.05) is 11.8 Å². The zero-order valence-electron chi connectivity index (χ0n) is 17.1. The Kier molecular flexibility index (Phi) is 5.44. The molecule has 1 heterocycles. The molecule has 1 N–H and O–H groups in total. The molecular formula is C26H25FO3. The highest BCUT2D eigenvalue weighted by atomic mass is 19.1. The van der Waals surface area contributed by atoms with Crippen LogP contribution >= 0.6 is 0 Å². The number of ether oxygens (including phenoxy) is 1. The quantitative estimate of drug-likeness (QED) is 0.706. The van der Waals surface area contributed by atoms with Gasteiger partial charge in [0.05, 0.1) is 12.5 Å². The molecule has 1 saturated heterocycles. The maximum atomic E-state index is 13.6. The van der Waals surface area contributed by atoms with Gasteiger partial charge in [-0.05, 0) is 46.0 Å². The van der Waals surface area contributed by atoms with Gasteiger partial charge in [-0.15, -0.1) is 0 Å². The summed E-state index contributed by atoms with van der Waals surface area (Å²) >= 11 is 0. The first-order valence-electron chi connectivity index (χ1n) is 10.2. The molecule has 4 rings (SSSR count). The predicted octanol–water partition coefficient (Wildman–Crippen LogP) is 5.30. The van der Waals surface area contributed by atoms with Gasteiger partial charge in [0.2, 0.25) is 0 Å². The van der Waals surface area contributed by atoms with Gasteiger partial charge in [-0.1, -0.05) is 68.5 Å². The van der Waals surface area contributed by atoms with Crippen molar-refractivity contribution in [3.05, 3.63) is 94.8 Å². The average molecular weight is 404 g/mol. The lowest BCUT2D eigenvalue weighted by Crippen LogP contribution is -2.31. The lowest BCUT2D eigenvalue weighted by molar-refractivity contribution is -0.156. The van der Waals surface area contributed by atoms with E-state index < -0.39 is 12.2 Å². The highest BCUT2D eigenvalue weighted by Gasteiger charge is 2.29. The highest BCUT2D eigenvalue weighted by Crippen LogP contribution is 2.43. The monoisotopic (exact) mass is 404 g/mol. The Bertz CT molecular complexity index is 1040. The molecule has 1 fully saturated rings. The fraction of sp³-hybridized carbons (Fsp3) is 0.269. The van der Waals surface area contributed by atoms with Crippen LogP contribution in [0.4, 0.5) is 4.39 Å². The molecule has 1 aliphatic heterocycles. The number of aliphatic hydroxyl groups excluding tert-OH is 1. The van der Waals surface area contributed by atoms with Gasteiger partial charge in [-0.2, -0.15) is 0 Å². The van der Waals surface area contributed by atoms with Crippen LogP contribution in [0.5, 0.6) is 0 Å². The normalized spacial score (nSPS) is 23.3. The molecule has 0 spiro atoms. The second kappa shape index (κ2) is 8.04. The molecule has 0 saturated carbocycles. The van der Waals surface area contributed by atoms with Crippen LogP contribution in [0.25, 0.3) is 11.6 Å². The summed E-state index contributed by atoms with van der Waals surface area (Å²) in [5.74, 6) is -0.666. The molecule has 2 aliphatic rings. The van der Waals surface area contributed by atoms with E-state index in [1.807, 2.05) is 24.3 Å². The molecule has 3 nitrogen and oxygen atoms in total. The Morgan fingerprint density at radius 2 is 1.87 bits per heavy atom. The summed E-state index contributed by atoms with van der Waals surface area (Å²) in [4.78, 5) is 11.7. The van der Waals surface area contributed by atoms with Crippen molar-refractivity contribution in [2.75, 3.05) is 0 Å². The van der Waals surface area contributed by atoms with Crippen LogP contribution in [-0.2, 0) is 9.53 Å². The number of hydrogen-bond acceptors (Lipinski definition) is 3. The largest absolute Gasteiger partial charge is 0.458 e. The summed E-state index contributed by atoms with van der Waals surface area (Å²) in [5.41, 5.74) is 4.79. The number of esters is 1. The number of carbonyl (C=O) groups is 1. The maximum Gasteiger partial charge on any atom is 0.309 e. The SMILES string of the molecule is CC1(C)C=Cc2ccccc2C(c2ccc(F)cc2)=C1C=C[C@@H]1C[C@@H](O)CC(=O)O1. The van der Waals surface area contributed by atoms with E-state index in [0.29, 0.717) is 6.42 Å². The number of allylic oxidation sites excluding steroid dienone is 3. The predicted molar refractivity (Wildman–Crippen MR) is 116 cm³/mol. The van der Waals surface area contributed by atoms with Crippen molar-refractivity contribution in [1.29, 1.82) is 0 Å². The molecule has 1 aliphatic carbocycles. The standard InChI is InChI=1S/C26H25FO3/c1-26(2)14-13-17-5-3-4-6-22(17)25(18-7-9-19(27)10-8-18)23(26)12-11-21-15-20(28)16-24(29)30-21/h3-14,20-21,28H,15-16H2,1-2H3/t20-,21-/m1/s1. The number of carbonyl (C=O) groups excluding carboxylic acids is 1.